The van der Waals surface area contributed by atoms with Gasteiger partial charge in [0.2, 0.25) is 0 Å². The van der Waals surface area contributed by atoms with Crippen molar-refractivity contribution in [1.29, 1.82) is 0 Å². The number of hydrogen-bond donors (Lipinski definition) is 4. The van der Waals surface area contributed by atoms with Crippen molar-refractivity contribution >= 4 is 21.5 Å². The molecule has 8 nitrogen and oxygen atoms in total. The highest BCUT2D eigenvalue weighted by Crippen LogP contribution is 2.54. The van der Waals surface area contributed by atoms with Gasteiger partial charge >= 0.3 is 0 Å². The van der Waals surface area contributed by atoms with Crippen molar-refractivity contribution in [2.75, 3.05) is 0 Å². The molecular formula is C58H48O8. The van der Waals surface area contributed by atoms with Crippen LogP contribution in [-0.4, -0.2) is 20.4 Å². The molecule has 1 aliphatic carbocycles. The van der Waals surface area contributed by atoms with Crippen molar-refractivity contribution in [3.05, 3.63) is 204 Å². The third-order valence-electron chi connectivity index (χ3n) is 12.7. The van der Waals surface area contributed by atoms with Crippen molar-refractivity contribution in [3.8, 4) is 69.0 Å². The second-order valence-corrected chi connectivity index (χ2v) is 17.1. The average Bonchev–Trinajstić information content (AvgIpc) is 3.34. The van der Waals surface area contributed by atoms with Gasteiger partial charge in [-0.25, -0.2) is 0 Å². The van der Waals surface area contributed by atoms with Gasteiger partial charge in [0.1, 0.15) is 69.0 Å². The SMILES string of the molecule is CC(c1ccc(C2CCCCC2)cc1)(c1c(Oc2ccc(O)cc2)ccc2cc(Oc3ccc(O)cc3)ccc12)c1c(Oc2ccc(O)cc2)ccc2cc(Oc3ccc(O)cc3)ccc12. The molecular weight excluding hydrogens is 825 g/mol. The molecule has 9 aromatic carbocycles. The number of fused-ring (bicyclic) bond motifs is 2. The maximum Gasteiger partial charge on any atom is 0.132 e. The minimum Gasteiger partial charge on any atom is -0.508 e. The standard InChI is InChI=1S/C58H48O8/c1-58(41-11-7-38(8-12-41)37-5-3-2-4-6-37,56-52-31-29-50(63-46-21-13-42(59)14-22-46)35-39(52)9-33-54(56)65-48-25-17-44(61)18-26-48)57-53-32-30-51(64-47-23-15-43(60)16-24-47)36-40(53)10-34-55(57)66-49-27-19-45(62)20-28-49/h7-37,59-62H,2-6H2,1H3. The number of benzene rings is 9. The van der Waals surface area contributed by atoms with Gasteiger partial charge in [-0.15, -0.1) is 0 Å². The molecule has 9 aromatic rings. The molecule has 0 bridgehead atoms. The molecule has 0 aliphatic heterocycles. The Hall–Kier alpha value is -8.10. The number of phenolic OH excluding ortho intramolecular Hbond substituents is 4. The lowest BCUT2D eigenvalue weighted by molar-refractivity contribution is 0.442. The first-order valence-corrected chi connectivity index (χ1v) is 22.3. The second-order valence-electron chi connectivity index (χ2n) is 17.1. The molecule has 10 rings (SSSR count). The first-order valence-electron chi connectivity index (χ1n) is 22.3. The van der Waals surface area contributed by atoms with Crippen molar-refractivity contribution in [2.24, 2.45) is 0 Å². The van der Waals surface area contributed by atoms with E-state index in [0.29, 0.717) is 51.9 Å². The highest BCUT2D eigenvalue weighted by atomic mass is 16.5. The van der Waals surface area contributed by atoms with Crippen molar-refractivity contribution in [1.82, 2.24) is 0 Å². The molecule has 0 spiro atoms. The molecule has 0 saturated heterocycles. The van der Waals surface area contributed by atoms with Crippen molar-refractivity contribution in [3.63, 3.8) is 0 Å². The summed E-state index contributed by atoms with van der Waals surface area (Å²) in [4.78, 5) is 0. The highest BCUT2D eigenvalue weighted by Gasteiger charge is 2.40. The van der Waals surface area contributed by atoms with Gasteiger partial charge in [-0.3, -0.25) is 0 Å². The Labute approximate surface area is 383 Å². The topological polar surface area (TPSA) is 118 Å². The third-order valence-corrected chi connectivity index (χ3v) is 12.7. The summed E-state index contributed by atoms with van der Waals surface area (Å²) >= 11 is 0. The fourth-order valence-corrected chi connectivity index (χ4v) is 9.43. The molecule has 0 heterocycles. The van der Waals surface area contributed by atoms with E-state index >= 15 is 0 Å². The molecule has 66 heavy (non-hydrogen) atoms. The third kappa shape index (κ3) is 8.61. The minimum absolute atomic E-state index is 0.130. The Morgan fingerprint density at radius 3 is 1.14 bits per heavy atom. The first kappa shape index (κ1) is 41.9. The predicted octanol–water partition coefficient (Wildman–Crippen LogP) is 15.4. The summed E-state index contributed by atoms with van der Waals surface area (Å²) in [5.74, 6) is 5.76. The number of rotatable bonds is 12. The fourth-order valence-electron chi connectivity index (χ4n) is 9.43. The predicted molar refractivity (Wildman–Crippen MR) is 258 cm³/mol. The summed E-state index contributed by atoms with van der Waals surface area (Å²) in [7, 11) is 0. The van der Waals surface area contributed by atoms with Crippen LogP contribution in [0.5, 0.6) is 69.0 Å². The lowest BCUT2D eigenvalue weighted by Gasteiger charge is -2.37. The maximum absolute atomic E-state index is 10.3. The molecule has 8 heteroatoms. The minimum atomic E-state index is -1.01. The summed E-state index contributed by atoms with van der Waals surface area (Å²) in [5.41, 5.74) is 3.04. The van der Waals surface area contributed by atoms with Crippen LogP contribution >= 0.6 is 0 Å². The van der Waals surface area contributed by atoms with E-state index in [1.165, 1.54) is 37.7 Å². The number of hydrogen-bond acceptors (Lipinski definition) is 8. The summed E-state index contributed by atoms with van der Waals surface area (Å²) in [6.07, 6.45) is 6.06. The molecule has 0 aromatic heterocycles. The van der Waals surface area contributed by atoms with Crippen LogP contribution in [0.4, 0.5) is 0 Å². The molecule has 1 fully saturated rings. The average molecular weight is 873 g/mol. The zero-order chi connectivity index (χ0) is 45.2. The van der Waals surface area contributed by atoms with E-state index < -0.39 is 5.41 Å². The lowest BCUT2D eigenvalue weighted by atomic mass is 9.67. The summed E-state index contributed by atoms with van der Waals surface area (Å²) in [6, 6.07) is 55.8. The van der Waals surface area contributed by atoms with Crippen LogP contribution < -0.4 is 18.9 Å². The Balaban J connectivity index is 1.23. The van der Waals surface area contributed by atoms with Crippen molar-refractivity contribution in [2.45, 2.75) is 50.4 Å². The molecule has 0 atom stereocenters. The van der Waals surface area contributed by atoms with Crippen LogP contribution in [0, 0.1) is 0 Å². The first-order chi connectivity index (χ1) is 32.2. The molecule has 0 unspecified atom stereocenters. The van der Waals surface area contributed by atoms with Gasteiger partial charge in [0, 0.05) is 11.1 Å². The van der Waals surface area contributed by atoms with Crippen LogP contribution in [0.3, 0.4) is 0 Å². The number of ether oxygens (including phenoxy) is 4. The Bertz CT molecular complexity index is 2960. The van der Waals surface area contributed by atoms with Gasteiger partial charge in [-0.1, -0.05) is 67.8 Å². The highest BCUT2D eigenvalue weighted by molar-refractivity contribution is 5.96. The van der Waals surface area contributed by atoms with Crippen LogP contribution in [0.1, 0.15) is 67.2 Å². The molecule has 0 amide bonds. The molecule has 1 aliphatic rings. The van der Waals surface area contributed by atoms with Crippen LogP contribution in [0.25, 0.3) is 21.5 Å². The Morgan fingerprint density at radius 2 is 0.742 bits per heavy atom. The van der Waals surface area contributed by atoms with Gasteiger partial charge in [-0.05, 0) is 192 Å². The lowest BCUT2D eigenvalue weighted by Crippen LogP contribution is -2.28. The molecule has 4 N–H and O–H groups in total. The van der Waals surface area contributed by atoms with E-state index in [1.807, 2.05) is 48.5 Å². The maximum atomic E-state index is 10.3. The monoisotopic (exact) mass is 872 g/mol. The zero-order valence-corrected chi connectivity index (χ0v) is 36.4. The molecule has 1 saturated carbocycles. The second kappa shape index (κ2) is 17.8. The quantitative estimate of drug-likeness (QED) is 0.0897. The molecule has 328 valence electrons. The fraction of sp³-hybridized carbons (Fsp3) is 0.138. The summed E-state index contributed by atoms with van der Waals surface area (Å²) in [5, 5.41) is 44.0. The van der Waals surface area contributed by atoms with E-state index in [-0.39, 0.29) is 23.0 Å². The van der Waals surface area contributed by atoms with E-state index in [4.69, 9.17) is 18.9 Å². The summed E-state index contributed by atoms with van der Waals surface area (Å²) < 4.78 is 26.5. The van der Waals surface area contributed by atoms with E-state index in [2.05, 4.69) is 43.3 Å². The Morgan fingerprint density at radius 1 is 0.379 bits per heavy atom. The number of phenols is 4. The van der Waals surface area contributed by atoms with Crippen molar-refractivity contribution < 1.29 is 39.4 Å². The largest absolute Gasteiger partial charge is 0.508 e. The van der Waals surface area contributed by atoms with Gasteiger partial charge in [0.25, 0.3) is 0 Å². The normalized spacial score (nSPS) is 13.1. The Kier molecular flexibility index (Phi) is 11.3. The van der Waals surface area contributed by atoms with E-state index in [0.717, 1.165) is 38.2 Å². The van der Waals surface area contributed by atoms with Gasteiger partial charge in [-0.2, -0.15) is 0 Å². The van der Waals surface area contributed by atoms with Gasteiger partial charge in [0.05, 0.1) is 5.41 Å². The summed E-state index contributed by atoms with van der Waals surface area (Å²) in [6.45, 7) is 2.22. The van der Waals surface area contributed by atoms with Crippen LogP contribution in [0.15, 0.2) is 182 Å². The number of aromatic hydroxyl groups is 4. The smallest absolute Gasteiger partial charge is 0.132 e. The van der Waals surface area contributed by atoms with E-state index in [9.17, 15) is 20.4 Å². The van der Waals surface area contributed by atoms with Crippen LogP contribution in [-0.2, 0) is 5.41 Å². The van der Waals surface area contributed by atoms with Crippen LogP contribution in [0.2, 0.25) is 0 Å². The van der Waals surface area contributed by atoms with E-state index in [1.54, 1.807) is 97.1 Å². The zero-order valence-electron chi connectivity index (χ0n) is 36.4. The van der Waals surface area contributed by atoms with Gasteiger partial charge in [0.15, 0.2) is 0 Å². The molecule has 0 radical (unpaired) electrons. The van der Waals surface area contributed by atoms with Gasteiger partial charge < -0.3 is 39.4 Å².